The van der Waals surface area contributed by atoms with Gasteiger partial charge in [-0.2, -0.15) is 0 Å². The highest BCUT2D eigenvalue weighted by Gasteiger charge is 2.07. The predicted molar refractivity (Wildman–Crippen MR) is 74.0 cm³/mol. The molecule has 0 saturated carbocycles. The monoisotopic (exact) mass is 271 g/mol. The molecule has 0 saturated heterocycles. The molecular weight excluding hydrogens is 254 g/mol. The van der Waals surface area contributed by atoms with Crippen molar-refractivity contribution >= 4 is 29.9 Å². The SMILES string of the molecule is CNC(=O)c1cccc(NC(=O)CC(C)N)c1.Cl. The first kappa shape index (κ1) is 16.4. The number of halogens is 1. The van der Waals surface area contributed by atoms with E-state index in [4.69, 9.17) is 5.73 Å². The molecule has 4 N–H and O–H groups in total. The molecule has 0 heterocycles. The number of rotatable bonds is 4. The summed E-state index contributed by atoms with van der Waals surface area (Å²) >= 11 is 0. The fourth-order valence-electron chi connectivity index (χ4n) is 1.39. The van der Waals surface area contributed by atoms with Crippen LogP contribution in [-0.2, 0) is 4.79 Å². The lowest BCUT2D eigenvalue weighted by atomic mass is 10.2. The van der Waals surface area contributed by atoms with Crippen molar-refractivity contribution in [1.82, 2.24) is 5.32 Å². The molecule has 1 unspecified atom stereocenters. The summed E-state index contributed by atoms with van der Waals surface area (Å²) in [6.07, 6.45) is 0.254. The number of hydrogen-bond acceptors (Lipinski definition) is 3. The van der Waals surface area contributed by atoms with Crippen LogP contribution in [0.2, 0.25) is 0 Å². The smallest absolute Gasteiger partial charge is 0.251 e. The van der Waals surface area contributed by atoms with Crippen molar-refractivity contribution in [3.8, 4) is 0 Å². The minimum absolute atomic E-state index is 0. The first-order valence-corrected chi connectivity index (χ1v) is 5.40. The van der Waals surface area contributed by atoms with Crippen molar-refractivity contribution in [2.75, 3.05) is 12.4 Å². The molecule has 100 valence electrons. The van der Waals surface area contributed by atoms with Crippen molar-refractivity contribution in [2.45, 2.75) is 19.4 Å². The summed E-state index contributed by atoms with van der Waals surface area (Å²) in [5.41, 5.74) is 6.62. The van der Waals surface area contributed by atoms with E-state index in [-0.39, 0.29) is 36.7 Å². The van der Waals surface area contributed by atoms with Crippen LogP contribution in [0.4, 0.5) is 5.69 Å². The van der Waals surface area contributed by atoms with Gasteiger partial charge in [-0.1, -0.05) is 6.07 Å². The largest absolute Gasteiger partial charge is 0.355 e. The van der Waals surface area contributed by atoms with Gasteiger partial charge in [-0.25, -0.2) is 0 Å². The van der Waals surface area contributed by atoms with Gasteiger partial charge in [0.2, 0.25) is 5.91 Å². The number of nitrogens with one attached hydrogen (secondary N) is 2. The van der Waals surface area contributed by atoms with E-state index in [1.54, 1.807) is 38.2 Å². The van der Waals surface area contributed by atoms with Crippen molar-refractivity contribution in [2.24, 2.45) is 5.73 Å². The van der Waals surface area contributed by atoms with E-state index < -0.39 is 0 Å². The standard InChI is InChI=1S/C12H17N3O2.ClH/c1-8(13)6-11(16)15-10-5-3-4-9(7-10)12(17)14-2;/h3-5,7-8H,6,13H2,1-2H3,(H,14,17)(H,15,16);1H. The van der Waals surface area contributed by atoms with E-state index in [1.807, 2.05) is 0 Å². The molecule has 0 spiro atoms. The lowest BCUT2D eigenvalue weighted by molar-refractivity contribution is -0.116. The number of hydrogen-bond donors (Lipinski definition) is 3. The highest BCUT2D eigenvalue weighted by Crippen LogP contribution is 2.11. The van der Waals surface area contributed by atoms with Crippen LogP contribution in [0, 0.1) is 0 Å². The average Bonchev–Trinajstić information content (AvgIpc) is 2.27. The molecule has 1 aromatic carbocycles. The molecule has 0 aliphatic carbocycles. The first-order chi connectivity index (χ1) is 8.02. The number of carbonyl (C=O) groups is 2. The molecule has 1 rings (SSSR count). The van der Waals surface area contributed by atoms with Crippen molar-refractivity contribution in [3.63, 3.8) is 0 Å². The molecule has 1 aromatic rings. The number of nitrogens with two attached hydrogens (primary N) is 1. The summed E-state index contributed by atoms with van der Waals surface area (Å²) in [5, 5.41) is 5.22. The molecule has 0 aliphatic rings. The van der Waals surface area contributed by atoms with Crippen molar-refractivity contribution < 1.29 is 9.59 Å². The molecule has 1 atom stereocenters. The van der Waals surface area contributed by atoms with Crippen LogP contribution in [0.5, 0.6) is 0 Å². The van der Waals surface area contributed by atoms with Gasteiger partial charge in [0.1, 0.15) is 0 Å². The van der Waals surface area contributed by atoms with Gasteiger partial charge in [0.15, 0.2) is 0 Å². The fraction of sp³-hybridized carbons (Fsp3) is 0.333. The number of anilines is 1. The van der Waals surface area contributed by atoms with Crippen LogP contribution in [0.15, 0.2) is 24.3 Å². The summed E-state index contributed by atoms with van der Waals surface area (Å²) < 4.78 is 0. The molecular formula is C12H18ClN3O2. The van der Waals surface area contributed by atoms with Crippen molar-refractivity contribution in [3.05, 3.63) is 29.8 Å². The molecule has 5 nitrogen and oxygen atoms in total. The lowest BCUT2D eigenvalue weighted by Crippen LogP contribution is -2.24. The molecule has 0 aliphatic heterocycles. The van der Waals surface area contributed by atoms with E-state index in [0.29, 0.717) is 11.3 Å². The normalized spacial score (nSPS) is 11.1. The summed E-state index contributed by atoms with van der Waals surface area (Å²) in [6, 6.07) is 6.56. The molecule has 18 heavy (non-hydrogen) atoms. The minimum Gasteiger partial charge on any atom is -0.355 e. The van der Waals surface area contributed by atoms with Gasteiger partial charge in [-0.05, 0) is 25.1 Å². The van der Waals surface area contributed by atoms with Crippen LogP contribution < -0.4 is 16.4 Å². The maximum atomic E-state index is 11.5. The summed E-state index contributed by atoms with van der Waals surface area (Å²) in [7, 11) is 1.56. The third-order valence-electron chi connectivity index (χ3n) is 2.14. The average molecular weight is 272 g/mol. The summed E-state index contributed by atoms with van der Waals surface area (Å²) in [6.45, 7) is 1.76. The Hall–Kier alpha value is -1.59. The topological polar surface area (TPSA) is 84.2 Å². The first-order valence-electron chi connectivity index (χ1n) is 5.40. The quantitative estimate of drug-likeness (QED) is 0.768. The van der Waals surface area contributed by atoms with Crippen LogP contribution in [0.1, 0.15) is 23.7 Å². The second kappa shape index (κ2) is 7.68. The molecule has 0 bridgehead atoms. The van der Waals surface area contributed by atoms with E-state index in [9.17, 15) is 9.59 Å². The van der Waals surface area contributed by atoms with Gasteiger partial charge < -0.3 is 16.4 Å². The predicted octanol–water partition coefficient (Wildman–Crippen LogP) is 1.14. The van der Waals surface area contributed by atoms with Gasteiger partial charge >= 0.3 is 0 Å². The van der Waals surface area contributed by atoms with Gasteiger partial charge in [0.05, 0.1) is 0 Å². The van der Waals surface area contributed by atoms with E-state index >= 15 is 0 Å². The zero-order valence-corrected chi connectivity index (χ0v) is 11.2. The highest BCUT2D eigenvalue weighted by atomic mass is 35.5. The molecule has 2 amide bonds. The number of amides is 2. The zero-order valence-electron chi connectivity index (χ0n) is 10.4. The zero-order chi connectivity index (χ0) is 12.8. The van der Waals surface area contributed by atoms with Gasteiger partial charge in [-0.15, -0.1) is 12.4 Å². The lowest BCUT2D eigenvalue weighted by Gasteiger charge is -2.08. The third kappa shape index (κ3) is 5.16. The Morgan fingerprint density at radius 1 is 1.39 bits per heavy atom. The van der Waals surface area contributed by atoms with E-state index in [0.717, 1.165) is 0 Å². The molecule has 6 heteroatoms. The summed E-state index contributed by atoms with van der Waals surface area (Å²) in [4.78, 5) is 22.9. The second-order valence-corrected chi connectivity index (χ2v) is 3.89. The van der Waals surface area contributed by atoms with Gasteiger partial charge in [0.25, 0.3) is 5.91 Å². The van der Waals surface area contributed by atoms with Crippen LogP contribution in [-0.4, -0.2) is 24.9 Å². The van der Waals surface area contributed by atoms with Gasteiger partial charge in [-0.3, -0.25) is 9.59 Å². The Labute approximate surface area is 113 Å². The Morgan fingerprint density at radius 2 is 2.06 bits per heavy atom. The van der Waals surface area contributed by atoms with Gasteiger partial charge in [0, 0.05) is 30.8 Å². The third-order valence-corrected chi connectivity index (χ3v) is 2.14. The van der Waals surface area contributed by atoms with Crippen LogP contribution in [0.25, 0.3) is 0 Å². The Kier molecular flexibility index (Phi) is 7.00. The van der Waals surface area contributed by atoms with Crippen LogP contribution in [0.3, 0.4) is 0 Å². The van der Waals surface area contributed by atoms with Crippen molar-refractivity contribution in [1.29, 1.82) is 0 Å². The fourth-order valence-corrected chi connectivity index (χ4v) is 1.39. The second-order valence-electron chi connectivity index (χ2n) is 3.89. The molecule has 0 aromatic heterocycles. The van der Waals surface area contributed by atoms with E-state index in [1.165, 1.54) is 0 Å². The maximum absolute atomic E-state index is 11.5. The molecule has 0 fully saturated rings. The number of benzene rings is 1. The maximum Gasteiger partial charge on any atom is 0.251 e. The number of carbonyl (C=O) groups excluding carboxylic acids is 2. The van der Waals surface area contributed by atoms with E-state index in [2.05, 4.69) is 10.6 Å². The Balaban J connectivity index is 0.00000289. The molecule has 0 radical (unpaired) electrons. The Morgan fingerprint density at radius 3 is 2.61 bits per heavy atom. The van der Waals surface area contributed by atoms with Crippen LogP contribution >= 0.6 is 12.4 Å². The minimum atomic E-state index is -0.187. The Bertz CT molecular complexity index is 422. The summed E-state index contributed by atoms with van der Waals surface area (Å²) in [5.74, 6) is -0.345. The highest BCUT2D eigenvalue weighted by molar-refractivity contribution is 5.97.